The van der Waals surface area contributed by atoms with Crippen molar-refractivity contribution in [1.29, 1.82) is 0 Å². The van der Waals surface area contributed by atoms with Crippen LogP contribution in [0.25, 0.3) is 0 Å². The Bertz CT molecular complexity index is 944. The number of carbonyl (C=O) groups is 1. The first-order chi connectivity index (χ1) is 13.3. The summed E-state index contributed by atoms with van der Waals surface area (Å²) in [4.78, 5) is 13.7. The Balaban J connectivity index is 1.70. The summed E-state index contributed by atoms with van der Waals surface area (Å²) in [6, 6.07) is 23.5. The third kappa shape index (κ3) is 5.40. The van der Waals surface area contributed by atoms with Crippen LogP contribution in [0.5, 0.6) is 0 Å². The van der Waals surface area contributed by atoms with Crippen molar-refractivity contribution in [2.24, 2.45) is 0 Å². The smallest absolute Gasteiger partial charge is 0.255 e. The lowest BCUT2D eigenvalue weighted by molar-refractivity contribution is 0.102. The lowest BCUT2D eigenvalue weighted by Crippen LogP contribution is -2.14. The first-order valence-electron chi connectivity index (χ1n) is 9.21. The van der Waals surface area contributed by atoms with Gasteiger partial charge in [-0.25, -0.2) is 0 Å². The summed E-state index contributed by atoms with van der Waals surface area (Å²) in [6.07, 6.45) is 0. The van der Waals surface area contributed by atoms with Gasteiger partial charge in [0.1, 0.15) is 0 Å². The number of benzene rings is 3. The molecule has 0 aliphatic rings. The largest absolute Gasteiger partial charge is 0.321 e. The van der Waals surface area contributed by atoms with Gasteiger partial charge >= 0.3 is 0 Å². The van der Waals surface area contributed by atoms with Gasteiger partial charge in [0.25, 0.3) is 5.91 Å². The maximum atomic E-state index is 12.7. The number of amides is 1. The van der Waals surface area contributed by atoms with E-state index in [9.17, 15) is 4.79 Å². The van der Waals surface area contributed by atoms with E-state index in [4.69, 9.17) is 11.6 Å². The van der Waals surface area contributed by atoms with E-state index in [0.717, 1.165) is 21.4 Å². The van der Waals surface area contributed by atoms with E-state index < -0.39 is 0 Å². The number of anilines is 1. The summed E-state index contributed by atoms with van der Waals surface area (Å²) in [5.41, 5.74) is 3.95. The molecule has 1 N–H and O–H groups in total. The van der Waals surface area contributed by atoms with E-state index in [1.807, 2.05) is 72.8 Å². The second-order valence-corrected chi connectivity index (χ2v) is 9.15. The molecule has 3 rings (SSSR count). The third-order valence-electron chi connectivity index (χ3n) is 4.46. The highest BCUT2D eigenvalue weighted by atomic mass is 35.5. The van der Waals surface area contributed by atoms with Crippen LogP contribution in [0, 0.1) is 0 Å². The van der Waals surface area contributed by atoms with Gasteiger partial charge in [-0.3, -0.25) is 4.79 Å². The monoisotopic (exact) mass is 409 g/mol. The zero-order valence-electron chi connectivity index (χ0n) is 16.3. The highest BCUT2D eigenvalue weighted by Gasteiger charge is 2.15. The highest BCUT2D eigenvalue weighted by Crippen LogP contribution is 2.30. The van der Waals surface area contributed by atoms with Gasteiger partial charge in [0.05, 0.1) is 5.69 Å². The van der Waals surface area contributed by atoms with Crippen molar-refractivity contribution in [2.75, 3.05) is 5.32 Å². The van der Waals surface area contributed by atoms with Gasteiger partial charge in [0.15, 0.2) is 0 Å². The number of rotatable bonds is 5. The first-order valence-corrected chi connectivity index (χ1v) is 10.6. The van der Waals surface area contributed by atoms with Crippen molar-refractivity contribution in [3.05, 3.63) is 94.5 Å². The van der Waals surface area contributed by atoms with Crippen LogP contribution in [0.3, 0.4) is 0 Å². The van der Waals surface area contributed by atoms with Gasteiger partial charge in [-0.15, -0.1) is 11.8 Å². The molecule has 2 nitrogen and oxygen atoms in total. The molecule has 0 aromatic heterocycles. The molecule has 0 unspecified atom stereocenters. The molecule has 4 heteroatoms. The maximum Gasteiger partial charge on any atom is 0.255 e. The van der Waals surface area contributed by atoms with Crippen LogP contribution >= 0.6 is 23.4 Å². The summed E-state index contributed by atoms with van der Waals surface area (Å²) >= 11 is 7.64. The fraction of sp³-hybridized carbons (Fsp3) is 0.208. The molecule has 0 aliphatic carbocycles. The number of nitrogens with one attached hydrogen (secondary N) is 1. The topological polar surface area (TPSA) is 29.1 Å². The van der Waals surface area contributed by atoms with Gasteiger partial charge < -0.3 is 5.32 Å². The van der Waals surface area contributed by atoms with Gasteiger partial charge in [0.2, 0.25) is 0 Å². The minimum absolute atomic E-state index is 0.0694. The molecule has 3 aromatic rings. The van der Waals surface area contributed by atoms with Crippen LogP contribution in [-0.4, -0.2) is 5.91 Å². The van der Waals surface area contributed by atoms with E-state index in [-0.39, 0.29) is 11.3 Å². The highest BCUT2D eigenvalue weighted by molar-refractivity contribution is 7.98. The zero-order valence-corrected chi connectivity index (χ0v) is 17.9. The Morgan fingerprint density at radius 2 is 1.57 bits per heavy atom. The molecule has 0 spiro atoms. The lowest BCUT2D eigenvalue weighted by atomic mass is 9.87. The van der Waals surface area contributed by atoms with Crippen molar-refractivity contribution < 1.29 is 4.79 Å². The Labute approximate surface area is 176 Å². The van der Waals surface area contributed by atoms with Crippen molar-refractivity contribution in [3.63, 3.8) is 0 Å². The van der Waals surface area contributed by atoms with Crippen LogP contribution < -0.4 is 5.32 Å². The molecule has 0 heterocycles. The Hall–Kier alpha value is -2.23. The Morgan fingerprint density at radius 3 is 2.21 bits per heavy atom. The predicted octanol–water partition coefficient (Wildman–Crippen LogP) is 7.18. The van der Waals surface area contributed by atoms with Crippen LogP contribution in [0.2, 0.25) is 5.02 Å². The number of halogens is 1. The van der Waals surface area contributed by atoms with E-state index in [0.29, 0.717) is 5.56 Å². The average molecular weight is 410 g/mol. The summed E-state index contributed by atoms with van der Waals surface area (Å²) in [6.45, 7) is 6.49. The fourth-order valence-corrected chi connectivity index (χ4v) is 3.84. The van der Waals surface area contributed by atoms with E-state index in [1.54, 1.807) is 11.8 Å². The second-order valence-electron chi connectivity index (χ2n) is 7.69. The third-order valence-corrected chi connectivity index (χ3v) is 5.85. The molecule has 3 aromatic carbocycles. The molecule has 0 saturated carbocycles. The second kappa shape index (κ2) is 8.85. The van der Waals surface area contributed by atoms with Crippen molar-refractivity contribution >= 4 is 35.0 Å². The van der Waals surface area contributed by atoms with Crippen LogP contribution in [0.15, 0.2) is 77.7 Å². The predicted molar refractivity (Wildman–Crippen MR) is 121 cm³/mol. The molecule has 0 bridgehead atoms. The molecule has 0 fully saturated rings. The van der Waals surface area contributed by atoms with Crippen molar-refractivity contribution in [2.45, 2.75) is 36.8 Å². The Kier molecular flexibility index (Phi) is 6.48. The van der Waals surface area contributed by atoms with Gasteiger partial charge in [-0.2, -0.15) is 0 Å². The normalized spacial score (nSPS) is 11.3. The number of carbonyl (C=O) groups excluding carboxylic acids is 1. The molecular weight excluding hydrogens is 386 g/mol. The van der Waals surface area contributed by atoms with Crippen LogP contribution in [-0.2, 0) is 11.2 Å². The van der Waals surface area contributed by atoms with Gasteiger partial charge in [-0.05, 0) is 52.9 Å². The SMILES string of the molecule is CC(C)(C)c1ccc(C(=O)Nc2ccccc2SCc2ccc(Cl)cc2)cc1. The summed E-state index contributed by atoms with van der Waals surface area (Å²) in [5.74, 6) is 0.713. The molecular formula is C24H24ClNOS. The maximum absolute atomic E-state index is 12.7. The van der Waals surface area contributed by atoms with Gasteiger partial charge in [0, 0.05) is 21.2 Å². The average Bonchev–Trinajstić information content (AvgIpc) is 2.68. The van der Waals surface area contributed by atoms with E-state index in [1.165, 1.54) is 11.1 Å². The standard InChI is InChI=1S/C24H24ClNOS/c1-24(2,3)19-12-10-18(11-13-19)23(27)26-21-6-4-5-7-22(21)28-16-17-8-14-20(25)15-9-17/h4-15H,16H2,1-3H3,(H,26,27). The van der Waals surface area contributed by atoms with Crippen LogP contribution in [0.4, 0.5) is 5.69 Å². The minimum atomic E-state index is -0.0972. The molecule has 28 heavy (non-hydrogen) atoms. The molecule has 144 valence electrons. The van der Waals surface area contributed by atoms with E-state index in [2.05, 4.69) is 26.1 Å². The van der Waals surface area contributed by atoms with Crippen molar-refractivity contribution in [3.8, 4) is 0 Å². The summed E-state index contributed by atoms with van der Waals surface area (Å²) in [5, 5.41) is 3.78. The van der Waals surface area contributed by atoms with E-state index >= 15 is 0 Å². The Morgan fingerprint density at radius 1 is 0.929 bits per heavy atom. The number of hydrogen-bond donors (Lipinski definition) is 1. The fourth-order valence-electron chi connectivity index (χ4n) is 2.75. The van der Waals surface area contributed by atoms with Crippen LogP contribution in [0.1, 0.15) is 42.3 Å². The molecule has 0 radical (unpaired) electrons. The lowest BCUT2D eigenvalue weighted by Gasteiger charge is -2.19. The number of thioether (sulfide) groups is 1. The first kappa shape index (κ1) is 20.5. The number of para-hydroxylation sites is 1. The minimum Gasteiger partial charge on any atom is -0.321 e. The quantitative estimate of drug-likeness (QED) is 0.452. The molecule has 0 aliphatic heterocycles. The summed E-state index contributed by atoms with van der Waals surface area (Å²) < 4.78 is 0. The van der Waals surface area contributed by atoms with Gasteiger partial charge in [-0.1, -0.05) is 68.8 Å². The summed E-state index contributed by atoms with van der Waals surface area (Å²) in [7, 11) is 0. The molecule has 0 atom stereocenters. The molecule has 0 saturated heterocycles. The number of hydrogen-bond acceptors (Lipinski definition) is 2. The zero-order chi connectivity index (χ0) is 20.1. The molecule has 1 amide bonds. The van der Waals surface area contributed by atoms with Crippen molar-refractivity contribution in [1.82, 2.24) is 0 Å².